The van der Waals surface area contributed by atoms with Gasteiger partial charge in [-0.15, -0.1) is 0 Å². The first-order valence-corrected chi connectivity index (χ1v) is 9.78. The second-order valence-corrected chi connectivity index (χ2v) is 8.45. The SMILES string of the molecule is O[C@@H]1COC2(CCN(Cc3sc(N4CCCC4)nc3Cl)CC2)C1. The van der Waals surface area contributed by atoms with E-state index >= 15 is 0 Å². The van der Waals surface area contributed by atoms with Crippen LogP contribution < -0.4 is 4.90 Å². The summed E-state index contributed by atoms with van der Waals surface area (Å²) in [5.74, 6) is 0. The maximum absolute atomic E-state index is 9.72. The third-order valence-corrected chi connectivity index (χ3v) is 6.86. The molecule has 0 amide bonds. The summed E-state index contributed by atoms with van der Waals surface area (Å²) in [6.07, 6.45) is 5.03. The van der Waals surface area contributed by atoms with Gasteiger partial charge in [0.2, 0.25) is 0 Å². The average molecular weight is 358 g/mol. The quantitative estimate of drug-likeness (QED) is 0.900. The predicted octanol–water partition coefficient (Wildman–Crippen LogP) is 2.51. The molecular weight excluding hydrogens is 334 g/mol. The van der Waals surface area contributed by atoms with E-state index in [1.54, 1.807) is 11.3 Å². The predicted molar refractivity (Wildman–Crippen MR) is 92.4 cm³/mol. The van der Waals surface area contributed by atoms with Gasteiger partial charge < -0.3 is 14.7 Å². The van der Waals surface area contributed by atoms with Crippen molar-refractivity contribution in [1.29, 1.82) is 0 Å². The Labute approximate surface area is 146 Å². The molecule has 4 rings (SSSR count). The maximum atomic E-state index is 9.72. The Morgan fingerprint density at radius 1 is 1.26 bits per heavy atom. The summed E-state index contributed by atoms with van der Waals surface area (Å²) < 4.78 is 5.87. The van der Waals surface area contributed by atoms with Crippen LogP contribution in [0.15, 0.2) is 0 Å². The van der Waals surface area contributed by atoms with Crippen LogP contribution in [-0.4, -0.2) is 59.5 Å². The van der Waals surface area contributed by atoms with Gasteiger partial charge >= 0.3 is 0 Å². The third-order valence-electron chi connectivity index (χ3n) is 5.34. The van der Waals surface area contributed by atoms with Crippen LogP contribution in [0.2, 0.25) is 5.15 Å². The number of halogens is 1. The number of hydrogen-bond acceptors (Lipinski definition) is 6. The first kappa shape index (κ1) is 16.1. The molecule has 128 valence electrons. The zero-order chi connectivity index (χ0) is 15.9. The maximum Gasteiger partial charge on any atom is 0.187 e. The number of likely N-dealkylation sites (tertiary alicyclic amines) is 1. The fourth-order valence-electron chi connectivity index (χ4n) is 3.95. The van der Waals surface area contributed by atoms with Crippen LogP contribution in [0, 0.1) is 0 Å². The molecule has 1 aromatic heterocycles. The van der Waals surface area contributed by atoms with Crippen LogP contribution in [-0.2, 0) is 11.3 Å². The molecule has 23 heavy (non-hydrogen) atoms. The highest BCUT2D eigenvalue weighted by atomic mass is 35.5. The number of rotatable bonds is 3. The molecule has 4 heterocycles. The minimum Gasteiger partial charge on any atom is -0.391 e. The van der Waals surface area contributed by atoms with Gasteiger partial charge in [-0.05, 0) is 25.7 Å². The minimum absolute atomic E-state index is 0.0753. The summed E-state index contributed by atoms with van der Waals surface area (Å²) in [6, 6.07) is 0. The number of ether oxygens (including phenoxy) is 1. The van der Waals surface area contributed by atoms with Gasteiger partial charge in [-0.1, -0.05) is 22.9 Å². The normalized spacial score (nSPS) is 28.1. The molecule has 1 aromatic rings. The van der Waals surface area contributed by atoms with Crippen LogP contribution in [0.25, 0.3) is 0 Å². The Hall–Kier alpha value is -0.400. The van der Waals surface area contributed by atoms with Crippen molar-refractivity contribution in [2.45, 2.75) is 50.4 Å². The van der Waals surface area contributed by atoms with Gasteiger partial charge in [0.25, 0.3) is 0 Å². The fraction of sp³-hybridized carbons (Fsp3) is 0.812. The Kier molecular flexibility index (Phi) is 4.54. The average Bonchev–Trinajstić information content (AvgIpc) is 3.25. The summed E-state index contributed by atoms with van der Waals surface area (Å²) in [6.45, 7) is 5.59. The van der Waals surface area contributed by atoms with Crippen molar-refractivity contribution in [1.82, 2.24) is 9.88 Å². The summed E-state index contributed by atoms with van der Waals surface area (Å²) in [4.78, 5) is 10.5. The summed E-state index contributed by atoms with van der Waals surface area (Å²) in [5, 5.41) is 11.5. The Balaban J connectivity index is 1.36. The van der Waals surface area contributed by atoms with Crippen molar-refractivity contribution in [2.24, 2.45) is 0 Å². The Bertz CT molecular complexity index is 554. The smallest absolute Gasteiger partial charge is 0.187 e. The van der Waals surface area contributed by atoms with E-state index in [4.69, 9.17) is 16.3 Å². The van der Waals surface area contributed by atoms with Crippen LogP contribution in [0.4, 0.5) is 5.13 Å². The molecule has 3 fully saturated rings. The van der Waals surface area contributed by atoms with E-state index in [0.29, 0.717) is 11.8 Å². The molecule has 3 aliphatic rings. The van der Waals surface area contributed by atoms with Crippen molar-refractivity contribution < 1.29 is 9.84 Å². The highest BCUT2D eigenvalue weighted by Crippen LogP contribution is 2.37. The lowest BCUT2D eigenvalue weighted by molar-refractivity contribution is -0.0455. The Morgan fingerprint density at radius 3 is 2.65 bits per heavy atom. The molecule has 0 bridgehead atoms. The van der Waals surface area contributed by atoms with E-state index in [0.717, 1.165) is 57.1 Å². The molecule has 0 unspecified atom stereocenters. The van der Waals surface area contributed by atoms with Crippen molar-refractivity contribution in [3.8, 4) is 0 Å². The van der Waals surface area contributed by atoms with Gasteiger partial charge in [0.05, 0.1) is 23.2 Å². The number of thiazole rings is 1. The molecule has 5 nitrogen and oxygen atoms in total. The lowest BCUT2D eigenvalue weighted by atomic mass is 9.88. The molecule has 3 saturated heterocycles. The highest BCUT2D eigenvalue weighted by molar-refractivity contribution is 7.16. The first-order valence-electron chi connectivity index (χ1n) is 8.58. The second-order valence-electron chi connectivity index (χ2n) is 7.03. The standard InChI is InChI=1S/C16H24ClN3O2S/c17-14-13(23-15(18-14)20-5-1-2-6-20)10-19-7-3-16(4-8-19)9-12(21)11-22-16/h12,21H,1-11H2/t12-/m0/s1. The van der Waals surface area contributed by atoms with Crippen molar-refractivity contribution in [3.63, 3.8) is 0 Å². The number of anilines is 1. The van der Waals surface area contributed by atoms with Gasteiger partial charge in [-0.3, -0.25) is 4.90 Å². The van der Waals surface area contributed by atoms with E-state index in [1.165, 1.54) is 17.7 Å². The Morgan fingerprint density at radius 2 is 2.00 bits per heavy atom. The van der Waals surface area contributed by atoms with Crippen LogP contribution >= 0.6 is 22.9 Å². The van der Waals surface area contributed by atoms with Crippen molar-refractivity contribution in [2.75, 3.05) is 37.7 Å². The number of hydrogen-bond donors (Lipinski definition) is 1. The van der Waals surface area contributed by atoms with E-state index in [-0.39, 0.29) is 11.7 Å². The van der Waals surface area contributed by atoms with Crippen molar-refractivity contribution in [3.05, 3.63) is 10.0 Å². The molecule has 7 heteroatoms. The zero-order valence-corrected chi connectivity index (χ0v) is 14.9. The van der Waals surface area contributed by atoms with Crippen LogP contribution in [0.1, 0.15) is 37.0 Å². The molecule has 0 aromatic carbocycles. The molecule has 0 aliphatic carbocycles. The lowest BCUT2D eigenvalue weighted by Gasteiger charge is -2.38. The van der Waals surface area contributed by atoms with E-state index < -0.39 is 0 Å². The van der Waals surface area contributed by atoms with Gasteiger partial charge in [0.15, 0.2) is 5.13 Å². The first-order chi connectivity index (χ1) is 11.1. The summed E-state index contributed by atoms with van der Waals surface area (Å²) in [7, 11) is 0. The van der Waals surface area contributed by atoms with E-state index in [2.05, 4.69) is 14.8 Å². The third kappa shape index (κ3) is 3.37. The fourth-order valence-corrected chi connectivity index (χ4v) is 5.30. The molecule has 1 atom stereocenters. The minimum atomic E-state index is -0.277. The lowest BCUT2D eigenvalue weighted by Crippen LogP contribution is -2.43. The number of aliphatic hydroxyl groups is 1. The van der Waals surface area contributed by atoms with E-state index in [1.807, 2.05) is 0 Å². The monoisotopic (exact) mass is 357 g/mol. The topological polar surface area (TPSA) is 48.8 Å². The number of nitrogens with zero attached hydrogens (tertiary/aromatic N) is 3. The van der Waals surface area contributed by atoms with Gasteiger partial charge in [-0.2, -0.15) is 0 Å². The number of aromatic nitrogens is 1. The van der Waals surface area contributed by atoms with Gasteiger partial charge in [0.1, 0.15) is 5.15 Å². The summed E-state index contributed by atoms with van der Waals surface area (Å²) in [5.41, 5.74) is -0.0753. The zero-order valence-electron chi connectivity index (χ0n) is 13.3. The highest BCUT2D eigenvalue weighted by Gasteiger charge is 2.42. The molecule has 3 aliphatic heterocycles. The molecule has 1 N–H and O–H groups in total. The van der Waals surface area contributed by atoms with Crippen molar-refractivity contribution >= 4 is 28.1 Å². The van der Waals surface area contributed by atoms with Crippen LogP contribution in [0.3, 0.4) is 0 Å². The number of aliphatic hydroxyl groups excluding tert-OH is 1. The summed E-state index contributed by atoms with van der Waals surface area (Å²) >= 11 is 8.12. The molecule has 0 radical (unpaired) electrons. The second kappa shape index (κ2) is 6.48. The van der Waals surface area contributed by atoms with E-state index in [9.17, 15) is 5.11 Å². The molecule has 1 spiro atoms. The van der Waals surface area contributed by atoms with Gasteiger partial charge in [-0.25, -0.2) is 4.98 Å². The molecule has 0 saturated carbocycles. The molecular formula is C16H24ClN3O2S. The largest absolute Gasteiger partial charge is 0.391 e. The van der Waals surface area contributed by atoms with Crippen LogP contribution in [0.5, 0.6) is 0 Å². The van der Waals surface area contributed by atoms with Gasteiger partial charge in [0, 0.05) is 39.1 Å². The number of piperidine rings is 1.